The summed E-state index contributed by atoms with van der Waals surface area (Å²) < 4.78 is 0. The van der Waals surface area contributed by atoms with Crippen molar-refractivity contribution in [2.75, 3.05) is 31.6 Å². The molecule has 0 saturated carbocycles. The summed E-state index contributed by atoms with van der Waals surface area (Å²) in [5.74, 6) is 1.15. The van der Waals surface area contributed by atoms with Gasteiger partial charge < -0.3 is 10.6 Å². The van der Waals surface area contributed by atoms with E-state index in [1.807, 2.05) is 36.3 Å². The summed E-state index contributed by atoms with van der Waals surface area (Å²) in [6.07, 6.45) is 2.92. The molecule has 4 heteroatoms. The summed E-state index contributed by atoms with van der Waals surface area (Å²) in [7, 11) is 0. The second kappa shape index (κ2) is 8.99. The van der Waals surface area contributed by atoms with Crippen LogP contribution in [0.3, 0.4) is 0 Å². The van der Waals surface area contributed by atoms with Gasteiger partial charge in [-0.25, -0.2) is 0 Å². The molecule has 3 nitrogen and oxygen atoms in total. The molecule has 1 aromatic carbocycles. The number of hydrogen-bond donors (Lipinski definition) is 1. The van der Waals surface area contributed by atoms with Gasteiger partial charge in [-0.15, -0.1) is 0 Å². The highest BCUT2D eigenvalue weighted by atomic mass is 32.2. The van der Waals surface area contributed by atoms with E-state index < -0.39 is 0 Å². The van der Waals surface area contributed by atoms with E-state index in [1.165, 1.54) is 5.56 Å². The van der Waals surface area contributed by atoms with E-state index in [-0.39, 0.29) is 11.8 Å². The molecular formula is C15H24N2OS. The fourth-order valence-electron chi connectivity index (χ4n) is 2.03. The van der Waals surface area contributed by atoms with E-state index >= 15 is 0 Å². The van der Waals surface area contributed by atoms with Crippen LogP contribution in [0.25, 0.3) is 0 Å². The SMILES string of the molecule is CSCC(C)C(=O)N(CCN)CCc1ccccc1. The van der Waals surface area contributed by atoms with Crippen LogP contribution < -0.4 is 5.73 Å². The third-order valence-electron chi connectivity index (χ3n) is 3.06. The molecule has 0 fully saturated rings. The zero-order valence-electron chi connectivity index (χ0n) is 11.8. The van der Waals surface area contributed by atoms with Crippen LogP contribution in [0.4, 0.5) is 0 Å². The van der Waals surface area contributed by atoms with Crippen LogP contribution >= 0.6 is 11.8 Å². The van der Waals surface area contributed by atoms with Crippen LogP contribution in [0, 0.1) is 5.92 Å². The Kier molecular flexibility index (Phi) is 7.60. The lowest BCUT2D eigenvalue weighted by atomic mass is 10.1. The van der Waals surface area contributed by atoms with Gasteiger partial charge in [0.25, 0.3) is 0 Å². The topological polar surface area (TPSA) is 46.3 Å². The van der Waals surface area contributed by atoms with Gasteiger partial charge in [-0.3, -0.25) is 4.79 Å². The molecule has 2 N–H and O–H groups in total. The van der Waals surface area contributed by atoms with E-state index in [9.17, 15) is 4.79 Å². The van der Waals surface area contributed by atoms with Gasteiger partial charge >= 0.3 is 0 Å². The first-order valence-corrected chi connectivity index (χ1v) is 8.10. The largest absolute Gasteiger partial charge is 0.341 e. The molecule has 1 aromatic rings. The van der Waals surface area contributed by atoms with Crippen molar-refractivity contribution in [3.63, 3.8) is 0 Å². The fourth-order valence-corrected chi connectivity index (χ4v) is 2.67. The molecule has 0 aliphatic carbocycles. The monoisotopic (exact) mass is 280 g/mol. The zero-order chi connectivity index (χ0) is 14.1. The highest BCUT2D eigenvalue weighted by Gasteiger charge is 2.19. The maximum absolute atomic E-state index is 12.3. The third kappa shape index (κ3) is 5.66. The fraction of sp³-hybridized carbons (Fsp3) is 0.533. The lowest BCUT2D eigenvalue weighted by molar-refractivity contribution is -0.134. The molecule has 0 saturated heterocycles. The van der Waals surface area contributed by atoms with Crippen molar-refractivity contribution in [1.29, 1.82) is 0 Å². The van der Waals surface area contributed by atoms with Gasteiger partial charge in [0.1, 0.15) is 0 Å². The smallest absolute Gasteiger partial charge is 0.226 e. The minimum Gasteiger partial charge on any atom is -0.341 e. The Morgan fingerprint density at radius 3 is 2.58 bits per heavy atom. The van der Waals surface area contributed by atoms with Crippen molar-refractivity contribution in [3.8, 4) is 0 Å². The summed E-state index contributed by atoms with van der Waals surface area (Å²) >= 11 is 1.71. The second-order valence-electron chi connectivity index (χ2n) is 4.71. The number of rotatable bonds is 8. The molecular weight excluding hydrogens is 256 g/mol. The molecule has 106 valence electrons. The lowest BCUT2D eigenvalue weighted by Gasteiger charge is -2.25. The minimum atomic E-state index is 0.0670. The molecule has 0 aliphatic heterocycles. The van der Waals surface area contributed by atoms with Crippen LogP contribution in [0.1, 0.15) is 12.5 Å². The second-order valence-corrected chi connectivity index (χ2v) is 5.62. The Hall–Kier alpha value is -1.00. The van der Waals surface area contributed by atoms with Crippen molar-refractivity contribution >= 4 is 17.7 Å². The molecule has 19 heavy (non-hydrogen) atoms. The summed E-state index contributed by atoms with van der Waals surface area (Å²) in [4.78, 5) is 14.2. The van der Waals surface area contributed by atoms with Gasteiger partial charge in [-0.1, -0.05) is 37.3 Å². The van der Waals surface area contributed by atoms with Gasteiger partial charge in [0.2, 0.25) is 5.91 Å². The van der Waals surface area contributed by atoms with Crippen LogP contribution in [0.15, 0.2) is 30.3 Å². The van der Waals surface area contributed by atoms with Gasteiger partial charge in [-0.2, -0.15) is 11.8 Å². The first-order chi connectivity index (χ1) is 9.19. The van der Waals surface area contributed by atoms with Gasteiger partial charge in [-0.05, 0) is 18.2 Å². The average Bonchev–Trinajstić information content (AvgIpc) is 2.44. The third-order valence-corrected chi connectivity index (χ3v) is 3.90. The number of amides is 1. The highest BCUT2D eigenvalue weighted by Crippen LogP contribution is 2.10. The number of hydrogen-bond acceptors (Lipinski definition) is 3. The number of carbonyl (C=O) groups excluding carboxylic acids is 1. The van der Waals surface area contributed by atoms with E-state index in [0.717, 1.165) is 18.7 Å². The highest BCUT2D eigenvalue weighted by molar-refractivity contribution is 7.98. The van der Waals surface area contributed by atoms with Crippen molar-refractivity contribution < 1.29 is 4.79 Å². The first-order valence-electron chi connectivity index (χ1n) is 6.70. The van der Waals surface area contributed by atoms with E-state index in [1.54, 1.807) is 11.8 Å². The van der Waals surface area contributed by atoms with Crippen molar-refractivity contribution in [3.05, 3.63) is 35.9 Å². The molecule has 0 bridgehead atoms. The molecule has 1 amide bonds. The Labute approximate surface area is 120 Å². The molecule has 1 rings (SSSR count). The molecule has 1 unspecified atom stereocenters. The summed E-state index contributed by atoms with van der Waals surface area (Å²) in [6.45, 7) is 3.90. The number of nitrogens with zero attached hydrogens (tertiary/aromatic N) is 1. The minimum absolute atomic E-state index is 0.0670. The Balaban J connectivity index is 2.54. The van der Waals surface area contributed by atoms with E-state index in [2.05, 4.69) is 12.1 Å². The van der Waals surface area contributed by atoms with Gasteiger partial charge in [0.05, 0.1) is 0 Å². The van der Waals surface area contributed by atoms with Gasteiger partial charge in [0.15, 0.2) is 0 Å². The van der Waals surface area contributed by atoms with Crippen molar-refractivity contribution in [2.45, 2.75) is 13.3 Å². The maximum atomic E-state index is 12.3. The van der Waals surface area contributed by atoms with Crippen LogP contribution in [-0.2, 0) is 11.2 Å². The predicted octanol–water partition coefficient (Wildman–Crippen LogP) is 2.02. The molecule has 0 aliphatic rings. The van der Waals surface area contributed by atoms with E-state index in [0.29, 0.717) is 13.1 Å². The maximum Gasteiger partial charge on any atom is 0.226 e. The van der Waals surface area contributed by atoms with Gasteiger partial charge in [0, 0.05) is 31.3 Å². The Morgan fingerprint density at radius 2 is 2.00 bits per heavy atom. The van der Waals surface area contributed by atoms with Crippen LogP contribution in [-0.4, -0.2) is 42.4 Å². The van der Waals surface area contributed by atoms with Crippen LogP contribution in [0.2, 0.25) is 0 Å². The molecule has 0 aromatic heterocycles. The summed E-state index contributed by atoms with van der Waals surface area (Å²) in [6, 6.07) is 10.3. The zero-order valence-corrected chi connectivity index (χ0v) is 12.7. The van der Waals surface area contributed by atoms with Crippen molar-refractivity contribution in [2.24, 2.45) is 11.7 Å². The number of thioether (sulfide) groups is 1. The quantitative estimate of drug-likeness (QED) is 0.792. The summed E-state index contributed by atoms with van der Waals surface area (Å²) in [5.41, 5.74) is 6.87. The Bertz CT molecular complexity index is 370. The predicted molar refractivity (Wildman–Crippen MR) is 83.3 cm³/mol. The van der Waals surface area contributed by atoms with Crippen molar-refractivity contribution in [1.82, 2.24) is 4.90 Å². The average molecular weight is 280 g/mol. The molecule has 0 spiro atoms. The normalized spacial score (nSPS) is 12.2. The summed E-state index contributed by atoms with van der Waals surface area (Å²) in [5, 5.41) is 0. The Morgan fingerprint density at radius 1 is 1.32 bits per heavy atom. The van der Waals surface area contributed by atoms with Crippen LogP contribution in [0.5, 0.6) is 0 Å². The molecule has 0 heterocycles. The lowest BCUT2D eigenvalue weighted by Crippen LogP contribution is -2.40. The molecule has 0 radical (unpaired) electrons. The van der Waals surface area contributed by atoms with E-state index in [4.69, 9.17) is 5.73 Å². The first kappa shape index (κ1) is 16.1. The standard InChI is InChI=1S/C15H24N2OS/c1-13(12-19-2)15(18)17(11-9-16)10-8-14-6-4-3-5-7-14/h3-7,13H,8-12,16H2,1-2H3. The number of benzene rings is 1. The number of carbonyl (C=O) groups is 1. The number of nitrogens with two attached hydrogens (primary N) is 1. The molecule has 1 atom stereocenters.